The standard InChI is InChI=1S/C13H19NO2/c14-8-12-6-7-13(16-12)10-15-9-11-4-2-1-3-5-11/h1-5,12-13H,6-10,14H2/t12-,13?/m0/s1. The van der Waals surface area contributed by atoms with Crippen molar-refractivity contribution in [1.82, 2.24) is 0 Å². The first-order valence-corrected chi connectivity index (χ1v) is 5.85. The molecule has 1 heterocycles. The Labute approximate surface area is 96.5 Å². The number of nitrogens with two attached hydrogens (primary N) is 1. The Kier molecular flexibility index (Phi) is 4.34. The zero-order valence-corrected chi connectivity index (χ0v) is 9.47. The minimum Gasteiger partial charge on any atom is -0.374 e. The van der Waals surface area contributed by atoms with Gasteiger partial charge in [0.1, 0.15) is 0 Å². The summed E-state index contributed by atoms with van der Waals surface area (Å²) in [4.78, 5) is 0. The van der Waals surface area contributed by atoms with Crippen molar-refractivity contribution in [3.8, 4) is 0 Å². The second-order valence-electron chi connectivity index (χ2n) is 4.19. The minimum atomic E-state index is 0.234. The van der Waals surface area contributed by atoms with Crippen LogP contribution in [0.4, 0.5) is 0 Å². The van der Waals surface area contributed by atoms with Gasteiger partial charge in [0.2, 0.25) is 0 Å². The minimum absolute atomic E-state index is 0.234. The first-order chi connectivity index (χ1) is 7.88. The van der Waals surface area contributed by atoms with Gasteiger partial charge < -0.3 is 15.2 Å². The highest BCUT2D eigenvalue weighted by Gasteiger charge is 2.23. The van der Waals surface area contributed by atoms with E-state index in [1.54, 1.807) is 0 Å². The smallest absolute Gasteiger partial charge is 0.0814 e. The van der Waals surface area contributed by atoms with Crippen LogP contribution in [0.3, 0.4) is 0 Å². The number of hydrogen-bond donors (Lipinski definition) is 1. The molecular weight excluding hydrogens is 202 g/mol. The maximum absolute atomic E-state index is 5.70. The Bertz CT molecular complexity index is 302. The first-order valence-electron chi connectivity index (χ1n) is 5.85. The fourth-order valence-electron chi connectivity index (χ4n) is 1.96. The monoisotopic (exact) mass is 221 g/mol. The molecular formula is C13H19NO2. The molecule has 0 radical (unpaired) electrons. The molecule has 16 heavy (non-hydrogen) atoms. The van der Waals surface area contributed by atoms with E-state index in [0.717, 1.165) is 12.8 Å². The van der Waals surface area contributed by atoms with Crippen molar-refractivity contribution in [2.45, 2.75) is 31.7 Å². The fourth-order valence-corrected chi connectivity index (χ4v) is 1.96. The Hall–Kier alpha value is -0.900. The third kappa shape index (κ3) is 3.30. The summed E-state index contributed by atoms with van der Waals surface area (Å²) >= 11 is 0. The van der Waals surface area contributed by atoms with E-state index in [1.165, 1.54) is 5.56 Å². The van der Waals surface area contributed by atoms with Crippen molar-refractivity contribution in [2.75, 3.05) is 13.2 Å². The van der Waals surface area contributed by atoms with Gasteiger partial charge in [0.25, 0.3) is 0 Å². The number of benzene rings is 1. The van der Waals surface area contributed by atoms with Gasteiger partial charge >= 0.3 is 0 Å². The molecule has 0 spiro atoms. The van der Waals surface area contributed by atoms with Crippen molar-refractivity contribution in [2.24, 2.45) is 5.73 Å². The van der Waals surface area contributed by atoms with Crippen LogP contribution >= 0.6 is 0 Å². The third-order valence-corrected chi connectivity index (χ3v) is 2.87. The summed E-state index contributed by atoms with van der Waals surface area (Å²) < 4.78 is 11.3. The highest BCUT2D eigenvalue weighted by molar-refractivity contribution is 5.13. The van der Waals surface area contributed by atoms with E-state index in [2.05, 4.69) is 12.1 Å². The quantitative estimate of drug-likeness (QED) is 0.823. The van der Waals surface area contributed by atoms with Gasteiger partial charge in [-0.25, -0.2) is 0 Å². The molecule has 1 fully saturated rings. The first kappa shape index (κ1) is 11.6. The highest BCUT2D eigenvalue weighted by atomic mass is 16.5. The zero-order valence-electron chi connectivity index (χ0n) is 9.47. The molecule has 1 aliphatic rings. The van der Waals surface area contributed by atoms with Crippen molar-refractivity contribution in [3.05, 3.63) is 35.9 Å². The molecule has 2 rings (SSSR count). The molecule has 0 aliphatic carbocycles. The van der Waals surface area contributed by atoms with Crippen LogP contribution in [0.2, 0.25) is 0 Å². The van der Waals surface area contributed by atoms with Crippen molar-refractivity contribution in [3.63, 3.8) is 0 Å². The molecule has 1 unspecified atom stereocenters. The van der Waals surface area contributed by atoms with Crippen molar-refractivity contribution >= 4 is 0 Å². The topological polar surface area (TPSA) is 44.5 Å². The van der Waals surface area contributed by atoms with E-state index in [1.807, 2.05) is 18.2 Å². The molecule has 88 valence electrons. The van der Waals surface area contributed by atoms with Crippen LogP contribution < -0.4 is 5.73 Å². The van der Waals surface area contributed by atoms with Crippen LogP contribution in [0.25, 0.3) is 0 Å². The van der Waals surface area contributed by atoms with Crippen LogP contribution in [0.1, 0.15) is 18.4 Å². The molecule has 2 atom stereocenters. The van der Waals surface area contributed by atoms with E-state index in [0.29, 0.717) is 19.8 Å². The zero-order chi connectivity index (χ0) is 11.2. The summed E-state index contributed by atoms with van der Waals surface area (Å²) in [6, 6.07) is 10.2. The number of hydrogen-bond acceptors (Lipinski definition) is 3. The van der Waals surface area contributed by atoms with Crippen LogP contribution in [0.15, 0.2) is 30.3 Å². The van der Waals surface area contributed by atoms with Gasteiger partial charge in [-0.15, -0.1) is 0 Å². The fraction of sp³-hybridized carbons (Fsp3) is 0.538. The lowest BCUT2D eigenvalue weighted by atomic mass is 10.2. The largest absolute Gasteiger partial charge is 0.374 e. The summed E-state index contributed by atoms with van der Waals surface area (Å²) in [6.45, 7) is 1.95. The molecule has 0 saturated carbocycles. The van der Waals surface area contributed by atoms with Gasteiger partial charge in [0.05, 0.1) is 25.4 Å². The maximum Gasteiger partial charge on any atom is 0.0814 e. The molecule has 2 N–H and O–H groups in total. The predicted octanol–water partition coefficient (Wildman–Crippen LogP) is 1.71. The molecule has 0 bridgehead atoms. The second kappa shape index (κ2) is 5.99. The molecule has 1 aliphatic heterocycles. The van der Waals surface area contributed by atoms with Gasteiger partial charge in [-0.1, -0.05) is 30.3 Å². The normalized spacial score (nSPS) is 24.8. The lowest BCUT2D eigenvalue weighted by Gasteiger charge is -2.12. The predicted molar refractivity (Wildman–Crippen MR) is 63.0 cm³/mol. The Balaban J connectivity index is 1.65. The van der Waals surface area contributed by atoms with Crippen LogP contribution in [0, 0.1) is 0 Å². The lowest BCUT2D eigenvalue weighted by Crippen LogP contribution is -2.22. The van der Waals surface area contributed by atoms with Crippen molar-refractivity contribution < 1.29 is 9.47 Å². The Morgan fingerprint density at radius 3 is 2.62 bits per heavy atom. The Morgan fingerprint density at radius 1 is 1.19 bits per heavy atom. The lowest BCUT2D eigenvalue weighted by molar-refractivity contribution is -0.0168. The molecule has 0 amide bonds. The molecule has 3 nitrogen and oxygen atoms in total. The van der Waals surface area contributed by atoms with Gasteiger partial charge in [-0.05, 0) is 18.4 Å². The van der Waals surface area contributed by atoms with Gasteiger partial charge in [0, 0.05) is 6.54 Å². The van der Waals surface area contributed by atoms with Crippen molar-refractivity contribution in [1.29, 1.82) is 0 Å². The highest BCUT2D eigenvalue weighted by Crippen LogP contribution is 2.19. The van der Waals surface area contributed by atoms with E-state index < -0.39 is 0 Å². The van der Waals surface area contributed by atoms with Crippen LogP contribution in [0.5, 0.6) is 0 Å². The van der Waals surface area contributed by atoms with Crippen LogP contribution in [-0.4, -0.2) is 25.4 Å². The van der Waals surface area contributed by atoms with Gasteiger partial charge in [-0.3, -0.25) is 0 Å². The number of ether oxygens (including phenoxy) is 2. The molecule has 0 aromatic heterocycles. The molecule has 3 heteroatoms. The summed E-state index contributed by atoms with van der Waals surface area (Å²) in [5, 5.41) is 0. The summed E-state index contributed by atoms with van der Waals surface area (Å²) in [5.41, 5.74) is 6.75. The molecule has 1 aromatic rings. The van der Waals surface area contributed by atoms with Gasteiger partial charge in [-0.2, -0.15) is 0 Å². The average molecular weight is 221 g/mol. The van der Waals surface area contributed by atoms with Crippen LogP contribution in [-0.2, 0) is 16.1 Å². The second-order valence-corrected chi connectivity index (χ2v) is 4.19. The summed E-state index contributed by atoms with van der Waals surface area (Å²) in [5.74, 6) is 0. The number of rotatable bonds is 5. The van der Waals surface area contributed by atoms with E-state index >= 15 is 0 Å². The summed E-state index contributed by atoms with van der Waals surface area (Å²) in [6.07, 6.45) is 2.61. The summed E-state index contributed by atoms with van der Waals surface area (Å²) in [7, 11) is 0. The maximum atomic E-state index is 5.70. The molecule has 1 saturated heterocycles. The Morgan fingerprint density at radius 2 is 1.94 bits per heavy atom. The van der Waals surface area contributed by atoms with Gasteiger partial charge in [0.15, 0.2) is 0 Å². The SMILES string of the molecule is NC[C@@H]1CCC(COCc2ccccc2)O1. The van der Waals surface area contributed by atoms with E-state index in [4.69, 9.17) is 15.2 Å². The molecule has 1 aromatic carbocycles. The van der Waals surface area contributed by atoms with E-state index in [-0.39, 0.29) is 12.2 Å². The van der Waals surface area contributed by atoms with E-state index in [9.17, 15) is 0 Å². The average Bonchev–Trinajstić information content (AvgIpc) is 2.78. The third-order valence-electron chi connectivity index (χ3n) is 2.87.